The van der Waals surface area contributed by atoms with Gasteiger partial charge in [0.2, 0.25) is 5.79 Å². The fraction of sp³-hybridized carbons (Fsp3) is 0.273. The van der Waals surface area contributed by atoms with Gasteiger partial charge in [-0.05, 0) is 30.5 Å². The van der Waals surface area contributed by atoms with E-state index in [4.69, 9.17) is 4.74 Å². The van der Waals surface area contributed by atoms with Crippen molar-refractivity contribution >= 4 is 10.8 Å². The molecule has 0 aromatic heterocycles. The summed E-state index contributed by atoms with van der Waals surface area (Å²) in [4.78, 5) is 2.10. The number of fused-ring (bicyclic) bond motifs is 1. The fourth-order valence-corrected chi connectivity index (χ4v) is 3.10. The average molecular weight is 335 g/mol. The van der Waals surface area contributed by atoms with Crippen LogP contribution >= 0.6 is 0 Å². The molecule has 3 nitrogen and oxygen atoms in total. The van der Waals surface area contributed by atoms with Crippen molar-refractivity contribution in [2.45, 2.75) is 19.1 Å². The normalized spacial score (nSPS) is 13.8. The second-order valence-corrected chi connectivity index (χ2v) is 6.73. The first kappa shape index (κ1) is 17.5. The van der Waals surface area contributed by atoms with E-state index in [1.165, 1.54) is 5.56 Å². The number of aliphatic hydroxyl groups is 1. The van der Waals surface area contributed by atoms with Gasteiger partial charge in [0.25, 0.3) is 0 Å². The maximum atomic E-state index is 10.7. The maximum absolute atomic E-state index is 10.7. The molecular weight excluding hydrogens is 310 g/mol. The number of hydrogen-bond acceptors (Lipinski definition) is 3. The molecule has 0 bridgehead atoms. The number of benzene rings is 3. The number of likely N-dealkylation sites (N-methyl/N-ethyl adjacent to an activating group) is 1. The van der Waals surface area contributed by atoms with E-state index in [-0.39, 0.29) is 0 Å². The number of nitrogens with zero attached hydrogens (tertiary/aromatic N) is 1. The Bertz CT molecular complexity index is 809. The first-order valence-corrected chi connectivity index (χ1v) is 8.65. The van der Waals surface area contributed by atoms with E-state index in [2.05, 4.69) is 29.2 Å². The van der Waals surface area contributed by atoms with Gasteiger partial charge in [0, 0.05) is 18.9 Å². The second-order valence-electron chi connectivity index (χ2n) is 6.73. The molecule has 0 aliphatic carbocycles. The van der Waals surface area contributed by atoms with Gasteiger partial charge in [-0.1, -0.05) is 66.7 Å². The van der Waals surface area contributed by atoms with Crippen LogP contribution in [-0.2, 0) is 6.42 Å². The maximum Gasteiger partial charge on any atom is 0.218 e. The van der Waals surface area contributed by atoms with Gasteiger partial charge in [-0.2, -0.15) is 0 Å². The van der Waals surface area contributed by atoms with Crippen molar-refractivity contribution in [1.82, 2.24) is 4.90 Å². The summed E-state index contributed by atoms with van der Waals surface area (Å²) in [5.41, 5.74) is 1.30. The number of ether oxygens (including phenoxy) is 1. The first-order chi connectivity index (χ1) is 12.0. The highest BCUT2D eigenvalue weighted by Crippen LogP contribution is 2.28. The molecule has 0 fully saturated rings. The molecule has 3 aromatic carbocycles. The lowest BCUT2D eigenvalue weighted by Crippen LogP contribution is -2.44. The molecule has 1 atom stereocenters. The SMILES string of the molecule is CN(CCc1ccccc1)CC(C)(O)Oc1cccc2ccccc12. The molecule has 0 saturated carbocycles. The summed E-state index contributed by atoms with van der Waals surface area (Å²) < 4.78 is 5.95. The minimum atomic E-state index is -1.25. The minimum Gasteiger partial charge on any atom is -0.461 e. The molecular formula is C22H25NO2. The van der Waals surface area contributed by atoms with Crippen LogP contribution in [-0.4, -0.2) is 35.9 Å². The van der Waals surface area contributed by atoms with Gasteiger partial charge in [0.15, 0.2) is 0 Å². The van der Waals surface area contributed by atoms with Crippen molar-refractivity contribution in [3.05, 3.63) is 78.4 Å². The van der Waals surface area contributed by atoms with Crippen LogP contribution < -0.4 is 4.74 Å². The van der Waals surface area contributed by atoms with Crippen LogP contribution in [0.3, 0.4) is 0 Å². The Labute approximate surface area is 149 Å². The van der Waals surface area contributed by atoms with E-state index in [0.29, 0.717) is 12.3 Å². The molecule has 0 saturated heterocycles. The third-order valence-corrected chi connectivity index (χ3v) is 4.27. The molecule has 0 spiro atoms. The summed E-state index contributed by atoms with van der Waals surface area (Å²) in [5.74, 6) is -0.546. The molecule has 0 amide bonds. The zero-order chi connectivity index (χ0) is 17.7. The van der Waals surface area contributed by atoms with Crippen molar-refractivity contribution in [2.75, 3.05) is 20.1 Å². The van der Waals surface area contributed by atoms with Crippen molar-refractivity contribution in [3.63, 3.8) is 0 Å². The van der Waals surface area contributed by atoms with Gasteiger partial charge in [0.1, 0.15) is 5.75 Å². The number of hydrogen-bond donors (Lipinski definition) is 1. The van der Waals surface area contributed by atoms with Crippen LogP contribution in [0.1, 0.15) is 12.5 Å². The third kappa shape index (κ3) is 4.81. The Morgan fingerprint density at radius 3 is 2.40 bits per heavy atom. The monoisotopic (exact) mass is 335 g/mol. The highest BCUT2D eigenvalue weighted by molar-refractivity contribution is 5.88. The van der Waals surface area contributed by atoms with Gasteiger partial charge in [-0.3, -0.25) is 4.90 Å². The Morgan fingerprint density at radius 1 is 0.920 bits per heavy atom. The van der Waals surface area contributed by atoms with E-state index in [0.717, 1.165) is 23.7 Å². The van der Waals surface area contributed by atoms with E-state index in [1.54, 1.807) is 6.92 Å². The standard InChI is InChI=1S/C22H25NO2/c1-22(24,17-23(2)16-15-18-9-4-3-5-10-18)25-21-14-8-12-19-11-6-7-13-20(19)21/h3-14,24H,15-17H2,1-2H3. The molecule has 0 aliphatic heterocycles. The third-order valence-electron chi connectivity index (χ3n) is 4.27. The highest BCUT2D eigenvalue weighted by Gasteiger charge is 2.25. The first-order valence-electron chi connectivity index (χ1n) is 8.65. The van der Waals surface area contributed by atoms with Crippen LogP contribution in [0.4, 0.5) is 0 Å². The lowest BCUT2D eigenvalue weighted by molar-refractivity contribution is -0.134. The molecule has 3 aromatic rings. The van der Waals surface area contributed by atoms with Gasteiger partial charge < -0.3 is 9.84 Å². The second kappa shape index (κ2) is 7.68. The zero-order valence-corrected chi connectivity index (χ0v) is 14.9. The van der Waals surface area contributed by atoms with E-state index in [9.17, 15) is 5.11 Å². The Hall–Kier alpha value is -2.36. The van der Waals surface area contributed by atoms with Crippen LogP contribution in [0, 0.1) is 0 Å². The molecule has 3 heteroatoms. The predicted octanol–water partition coefficient (Wildman–Crippen LogP) is 4.10. The predicted molar refractivity (Wildman–Crippen MR) is 103 cm³/mol. The molecule has 1 N–H and O–H groups in total. The summed E-state index contributed by atoms with van der Waals surface area (Å²) in [5, 5.41) is 12.8. The molecule has 1 unspecified atom stereocenters. The Morgan fingerprint density at radius 2 is 1.60 bits per heavy atom. The largest absolute Gasteiger partial charge is 0.461 e. The summed E-state index contributed by atoms with van der Waals surface area (Å²) in [6, 6.07) is 24.3. The van der Waals surface area contributed by atoms with Crippen LogP contribution in [0.2, 0.25) is 0 Å². The fourth-order valence-electron chi connectivity index (χ4n) is 3.10. The van der Waals surface area contributed by atoms with E-state index >= 15 is 0 Å². The van der Waals surface area contributed by atoms with Gasteiger partial charge in [-0.15, -0.1) is 0 Å². The van der Waals surface area contributed by atoms with Crippen LogP contribution in [0.5, 0.6) is 5.75 Å². The summed E-state index contributed by atoms with van der Waals surface area (Å²) in [7, 11) is 2.00. The zero-order valence-electron chi connectivity index (χ0n) is 14.9. The summed E-state index contributed by atoms with van der Waals surface area (Å²) >= 11 is 0. The average Bonchev–Trinajstić information content (AvgIpc) is 2.60. The lowest BCUT2D eigenvalue weighted by Gasteiger charge is -2.30. The lowest BCUT2D eigenvalue weighted by atomic mass is 10.1. The minimum absolute atomic E-state index is 0.434. The van der Waals surface area contributed by atoms with Crippen LogP contribution in [0.25, 0.3) is 10.8 Å². The molecule has 0 radical (unpaired) electrons. The van der Waals surface area contributed by atoms with Gasteiger partial charge >= 0.3 is 0 Å². The van der Waals surface area contributed by atoms with Crippen molar-refractivity contribution < 1.29 is 9.84 Å². The van der Waals surface area contributed by atoms with Crippen LogP contribution in [0.15, 0.2) is 72.8 Å². The van der Waals surface area contributed by atoms with E-state index in [1.807, 2.05) is 55.6 Å². The molecule has 130 valence electrons. The summed E-state index contributed by atoms with van der Waals surface area (Å²) in [6.07, 6.45) is 0.946. The Kier molecular flexibility index (Phi) is 5.37. The van der Waals surface area contributed by atoms with Gasteiger partial charge in [0.05, 0.1) is 6.54 Å². The molecule has 3 rings (SSSR count). The smallest absolute Gasteiger partial charge is 0.218 e. The quantitative estimate of drug-likeness (QED) is 0.660. The molecule has 0 aliphatic rings. The van der Waals surface area contributed by atoms with Crippen molar-refractivity contribution in [1.29, 1.82) is 0 Å². The molecule has 25 heavy (non-hydrogen) atoms. The molecule has 0 heterocycles. The number of rotatable bonds is 7. The summed E-state index contributed by atoms with van der Waals surface area (Å²) in [6.45, 7) is 3.01. The van der Waals surface area contributed by atoms with Crippen molar-refractivity contribution in [3.8, 4) is 5.75 Å². The Balaban J connectivity index is 1.63. The topological polar surface area (TPSA) is 32.7 Å². The van der Waals surface area contributed by atoms with Crippen molar-refractivity contribution in [2.24, 2.45) is 0 Å². The van der Waals surface area contributed by atoms with Gasteiger partial charge in [-0.25, -0.2) is 0 Å². The highest BCUT2D eigenvalue weighted by atomic mass is 16.6. The van der Waals surface area contributed by atoms with E-state index < -0.39 is 5.79 Å².